The lowest BCUT2D eigenvalue weighted by Crippen LogP contribution is -2.38. The van der Waals surface area contributed by atoms with Crippen LogP contribution in [0.25, 0.3) is 0 Å². The Kier molecular flexibility index (Phi) is 4.86. The molecule has 0 unspecified atom stereocenters. The highest BCUT2D eigenvalue weighted by Crippen LogP contribution is 2.22. The van der Waals surface area contributed by atoms with Gasteiger partial charge in [0.25, 0.3) is 0 Å². The molecule has 1 amide bonds. The number of carbonyl (C=O) groups is 1. The molecule has 0 spiro atoms. The summed E-state index contributed by atoms with van der Waals surface area (Å²) >= 11 is 0. The second kappa shape index (κ2) is 7.22. The highest BCUT2D eigenvalue weighted by atomic mass is 16.1. The summed E-state index contributed by atoms with van der Waals surface area (Å²) in [7, 11) is 0. The van der Waals surface area contributed by atoms with Gasteiger partial charge in [-0.15, -0.1) is 0 Å². The molecule has 0 bridgehead atoms. The van der Waals surface area contributed by atoms with Gasteiger partial charge < -0.3 is 10.2 Å². The number of aromatic nitrogens is 2. The van der Waals surface area contributed by atoms with Gasteiger partial charge in [-0.3, -0.25) is 9.78 Å². The predicted molar refractivity (Wildman–Crippen MR) is 91.4 cm³/mol. The Morgan fingerprint density at radius 1 is 1.30 bits per heavy atom. The second-order valence-corrected chi connectivity index (χ2v) is 5.87. The quantitative estimate of drug-likeness (QED) is 0.943. The molecule has 1 aromatic carbocycles. The van der Waals surface area contributed by atoms with Crippen molar-refractivity contribution in [3.8, 4) is 0 Å². The van der Waals surface area contributed by atoms with Crippen LogP contribution in [0, 0.1) is 5.92 Å². The molecule has 1 aromatic heterocycles. The molecule has 0 radical (unpaired) electrons. The monoisotopic (exact) mass is 310 g/mol. The molecule has 3 rings (SSSR count). The summed E-state index contributed by atoms with van der Waals surface area (Å²) in [4.78, 5) is 23.1. The lowest BCUT2D eigenvalue weighted by Gasteiger charge is -2.31. The van der Waals surface area contributed by atoms with E-state index in [1.165, 1.54) is 5.56 Å². The van der Waals surface area contributed by atoms with Crippen molar-refractivity contribution in [2.75, 3.05) is 23.3 Å². The average molecular weight is 310 g/mol. The van der Waals surface area contributed by atoms with Crippen molar-refractivity contribution in [1.29, 1.82) is 0 Å². The zero-order valence-corrected chi connectivity index (χ0v) is 13.4. The van der Waals surface area contributed by atoms with Gasteiger partial charge in [0.2, 0.25) is 5.91 Å². The highest BCUT2D eigenvalue weighted by molar-refractivity contribution is 5.92. The summed E-state index contributed by atoms with van der Waals surface area (Å²) in [5.74, 6) is 1.08. The van der Waals surface area contributed by atoms with E-state index in [4.69, 9.17) is 0 Å². The molecule has 23 heavy (non-hydrogen) atoms. The first-order valence-corrected chi connectivity index (χ1v) is 8.17. The number of anilines is 2. The minimum atomic E-state index is 0.0632. The van der Waals surface area contributed by atoms with Gasteiger partial charge in [-0.05, 0) is 37.0 Å². The zero-order valence-electron chi connectivity index (χ0n) is 13.4. The van der Waals surface area contributed by atoms with Gasteiger partial charge in [0.15, 0.2) is 0 Å². The lowest BCUT2D eigenvalue weighted by molar-refractivity contribution is -0.120. The van der Waals surface area contributed by atoms with Gasteiger partial charge in [-0.25, -0.2) is 4.98 Å². The van der Waals surface area contributed by atoms with E-state index in [9.17, 15) is 4.79 Å². The molecule has 120 valence electrons. The third-order valence-electron chi connectivity index (χ3n) is 4.34. The topological polar surface area (TPSA) is 58.1 Å². The first-order chi connectivity index (χ1) is 11.3. The molecule has 0 saturated carbocycles. The van der Waals surface area contributed by atoms with E-state index in [2.05, 4.69) is 33.2 Å². The van der Waals surface area contributed by atoms with Gasteiger partial charge in [-0.1, -0.05) is 19.1 Å². The van der Waals surface area contributed by atoms with E-state index in [1.54, 1.807) is 18.6 Å². The van der Waals surface area contributed by atoms with Crippen LogP contribution in [0.1, 0.15) is 25.3 Å². The number of benzene rings is 1. The van der Waals surface area contributed by atoms with E-state index in [1.807, 2.05) is 18.2 Å². The average Bonchev–Trinajstić information content (AvgIpc) is 2.63. The van der Waals surface area contributed by atoms with E-state index in [-0.39, 0.29) is 11.8 Å². The van der Waals surface area contributed by atoms with Crippen LogP contribution < -0.4 is 10.2 Å². The number of piperidine rings is 1. The smallest absolute Gasteiger partial charge is 0.227 e. The number of aryl methyl sites for hydroxylation is 1. The number of hydrogen-bond donors (Lipinski definition) is 1. The number of rotatable bonds is 4. The summed E-state index contributed by atoms with van der Waals surface area (Å²) in [5.41, 5.74) is 2.13. The van der Waals surface area contributed by atoms with Crippen LogP contribution in [0.4, 0.5) is 11.5 Å². The van der Waals surface area contributed by atoms with Gasteiger partial charge in [0, 0.05) is 37.1 Å². The SMILES string of the molecule is CCc1cccc(NC(=O)C2CCN(c3cnccn3)CC2)c1. The van der Waals surface area contributed by atoms with Crippen molar-refractivity contribution in [2.24, 2.45) is 5.92 Å². The van der Waals surface area contributed by atoms with Crippen molar-refractivity contribution in [3.05, 3.63) is 48.4 Å². The largest absolute Gasteiger partial charge is 0.355 e. The fourth-order valence-corrected chi connectivity index (χ4v) is 2.94. The first kappa shape index (κ1) is 15.5. The second-order valence-electron chi connectivity index (χ2n) is 5.87. The Hall–Kier alpha value is -2.43. The number of nitrogens with one attached hydrogen (secondary N) is 1. The third kappa shape index (κ3) is 3.86. The molecule has 0 aliphatic carbocycles. The maximum Gasteiger partial charge on any atom is 0.227 e. The Balaban J connectivity index is 1.56. The van der Waals surface area contributed by atoms with Crippen molar-refractivity contribution in [2.45, 2.75) is 26.2 Å². The van der Waals surface area contributed by atoms with Crippen LogP contribution in [0.2, 0.25) is 0 Å². The van der Waals surface area contributed by atoms with Gasteiger partial charge in [-0.2, -0.15) is 0 Å². The van der Waals surface area contributed by atoms with Crippen LogP contribution in [-0.4, -0.2) is 29.0 Å². The number of nitrogens with zero attached hydrogens (tertiary/aromatic N) is 3. The number of hydrogen-bond acceptors (Lipinski definition) is 4. The van der Waals surface area contributed by atoms with E-state index in [0.717, 1.165) is 43.9 Å². The van der Waals surface area contributed by atoms with E-state index in [0.29, 0.717) is 0 Å². The lowest BCUT2D eigenvalue weighted by atomic mass is 9.95. The maximum atomic E-state index is 12.5. The van der Waals surface area contributed by atoms with Crippen molar-refractivity contribution in [1.82, 2.24) is 9.97 Å². The van der Waals surface area contributed by atoms with Gasteiger partial charge in [0.1, 0.15) is 5.82 Å². The Morgan fingerprint density at radius 3 is 2.83 bits per heavy atom. The Labute approximate surface area is 136 Å². The molecule has 1 saturated heterocycles. The van der Waals surface area contributed by atoms with Crippen molar-refractivity contribution in [3.63, 3.8) is 0 Å². The molecule has 1 aliphatic rings. The summed E-state index contributed by atoms with van der Waals surface area (Å²) < 4.78 is 0. The Bertz CT molecular complexity index is 651. The summed E-state index contributed by atoms with van der Waals surface area (Å²) in [5, 5.41) is 3.06. The molecule has 1 aliphatic heterocycles. The molecule has 2 heterocycles. The summed E-state index contributed by atoms with van der Waals surface area (Å²) in [6, 6.07) is 8.07. The van der Waals surface area contributed by atoms with E-state index < -0.39 is 0 Å². The first-order valence-electron chi connectivity index (χ1n) is 8.17. The molecule has 5 heteroatoms. The number of amides is 1. The van der Waals surface area contributed by atoms with Gasteiger partial charge in [0.05, 0.1) is 6.20 Å². The molecule has 5 nitrogen and oxygen atoms in total. The minimum Gasteiger partial charge on any atom is -0.355 e. The predicted octanol–water partition coefficient (Wildman–Crippen LogP) is 2.89. The summed E-state index contributed by atoms with van der Waals surface area (Å²) in [6.07, 6.45) is 7.81. The Morgan fingerprint density at radius 2 is 2.13 bits per heavy atom. The van der Waals surface area contributed by atoms with Crippen molar-refractivity contribution >= 4 is 17.4 Å². The molecule has 0 atom stereocenters. The normalized spacial score (nSPS) is 15.4. The van der Waals surface area contributed by atoms with Crippen LogP contribution in [0.3, 0.4) is 0 Å². The minimum absolute atomic E-state index is 0.0632. The van der Waals surface area contributed by atoms with Crippen LogP contribution in [0.5, 0.6) is 0 Å². The third-order valence-corrected chi connectivity index (χ3v) is 4.34. The molecular weight excluding hydrogens is 288 g/mol. The zero-order chi connectivity index (χ0) is 16.1. The number of carbonyl (C=O) groups excluding carboxylic acids is 1. The van der Waals surface area contributed by atoms with Gasteiger partial charge >= 0.3 is 0 Å². The standard InChI is InChI=1S/C18H22N4O/c1-2-14-4-3-5-16(12-14)21-18(23)15-6-10-22(11-7-15)17-13-19-8-9-20-17/h3-5,8-9,12-13,15H,2,6-7,10-11H2,1H3,(H,21,23). The van der Waals surface area contributed by atoms with Crippen LogP contribution in [-0.2, 0) is 11.2 Å². The van der Waals surface area contributed by atoms with Crippen LogP contribution >= 0.6 is 0 Å². The molecule has 2 aromatic rings. The van der Waals surface area contributed by atoms with E-state index >= 15 is 0 Å². The molecule has 1 fully saturated rings. The van der Waals surface area contributed by atoms with Crippen LogP contribution in [0.15, 0.2) is 42.9 Å². The molecule has 1 N–H and O–H groups in total. The fraction of sp³-hybridized carbons (Fsp3) is 0.389. The summed E-state index contributed by atoms with van der Waals surface area (Å²) in [6.45, 7) is 3.79. The highest BCUT2D eigenvalue weighted by Gasteiger charge is 2.25. The fourth-order valence-electron chi connectivity index (χ4n) is 2.94. The maximum absolute atomic E-state index is 12.5. The van der Waals surface area contributed by atoms with Crippen molar-refractivity contribution < 1.29 is 4.79 Å². The molecular formula is C18H22N4O.